The molecule has 2 amide bonds. The van der Waals surface area contributed by atoms with Crippen LogP contribution in [0.15, 0.2) is 24.3 Å². The number of amides is 2. The Kier molecular flexibility index (Phi) is 4.99. The Morgan fingerprint density at radius 2 is 1.85 bits per heavy atom. The summed E-state index contributed by atoms with van der Waals surface area (Å²) < 4.78 is 12.8. The first-order chi connectivity index (χ1) is 9.54. The van der Waals surface area contributed by atoms with Gasteiger partial charge in [-0.15, -0.1) is 0 Å². The summed E-state index contributed by atoms with van der Waals surface area (Å²) in [5, 5.41) is 2.95. The molecule has 110 valence electrons. The number of nitrogens with one attached hydrogen (secondary N) is 1. The van der Waals surface area contributed by atoms with Gasteiger partial charge in [0.25, 0.3) is 0 Å². The lowest BCUT2D eigenvalue weighted by molar-refractivity contribution is 0.146. The maximum atomic E-state index is 12.8. The zero-order valence-corrected chi connectivity index (χ0v) is 12.2. The van der Waals surface area contributed by atoms with Crippen molar-refractivity contribution in [2.24, 2.45) is 11.8 Å². The average Bonchev–Trinajstić information content (AvgIpc) is 2.40. The lowest BCUT2D eigenvalue weighted by Crippen LogP contribution is -2.47. The first-order valence-corrected chi connectivity index (χ1v) is 7.32. The van der Waals surface area contributed by atoms with Crippen molar-refractivity contribution >= 4 is 6.03 Å². The molecule has 0 aliphatic carbocycles. The first-order valence-electron chi connectivity index (χ1n) is 7.32. The van der Waals surface area contributed by atoms with Crippen molar-refractivity contribution in [3.63, 3.8) is 0 Å². The number of carbonyl (C=O) groups is 1. The van der Waals surface area contributed by atoms with E-state index in [1.807, 2.05) is 4.90 Å². The van der Waals surface area contributed by atoms with E-state index in [2.05, 4.69) is 19.2 Å². The number of carbonyl (C=O) groups excluding carboxylic acids is 1. The number of halogens is 1. The minimum absolute atomic E-state index is 0.0190. The number of rotatable bonds is 3. The smallest absolute Gasteiger partial charge is 0.317 e. The van der Waals surface area contributed by atoms with Crippen molar-refractivity contribution in [3.8, 4) is 0 Å². The molecule has 2 unspecified atom stereocenters. The number of benzene rings is 1. The molecule has 1 saturated heterocycles. The zero-order valence-electron chi connectivity index (χ0n) is 12.2. The fraction of sp³-hybridized carbons (Fsp3) is 0.562. The lowest BCUT2D eigenvalue weighted by atomic mass is 9.92. The Morgan fingerprint density at radius 1 is 1.25 bits per heavy atom. The van der Waals surface area contributed by atoms with Gasteiger partial charge in [0.15, 0.2) is 0 Å². The molecule has 20 heavy (non-hydrogen) atoms. The van der Waals surface area contributed by atoms with Crippen molar-refractivity contribution in [1.82, 2.24) is 10.2 Å². The molecule has 1 heterocycles. The molecule has 1 fully saturated rings. The maximum Gasteiger partial charge on any atom is 0.317 e. The van der Waals surface area contributed by atoms with Crippen LogP contribution in [-0.2, 0) is 6.42 Å². The van der Waals surface area contributed by atoms with Crippen molar-refractivity contribution in [2.45, 2.75) is 26.7 Å². The highest BCUT2D eigenvalue weighted by molar-refractivity contribution is 5.74. The SMILES string of the molecule is CC1CC(C)CN(C(=O)NCCc2ccc(F)cc2)C1. The van der Waals surface area contributed by atoms with E-state index in [0.717, 1.165) is 25.1 Å². The molecule has 1 aliphatic rings. The van der Waals surface area contributed by atoms with Gasteiger partial charge in [0.2, 0.25) is 0 Å². The highest BCUT2D eigenvalue weighted by Gasteiger charge is 2.24. The number of urea groups is 1. The van der Waals surface area contributed by atoms with Crippen LogP contribution >= 0.6 is 0 Å². The minimum atomic E-state index is -0.228. The van der Waals surface area contributed by atoms with Gasteiger partial charge in [-0.2, -0.15) is 0 Å². The summed E-state index contributed by atoms with van der Waals surface area (Å²) in [7, 11) is 0. The zero-order chi connectivity index (χ0) is 14.5. The van der Waals surface area contributed by atoms with E-state index < -0.39 is 0 Å². The average molecular weight is 278 g/mol. The lowest BCUT2D eigenvalue weighted by Gasteiger charge is -2.34. The van der Waals surface area contributed by atoms with Gasteiger partial charge in [0.05, 0.1) is 0 Å². The highest BCUT2D eigenvalue weighted by atomic mass is 19.1. The molecule has 3 nitrogen and oxygen atoms in total. The van der Waals surface area contributed by atoms with Crippen LogP contribution in [0.25, 0.3) is 0 Å². The second-order valence-electron chi connectivity index (χ2n) is 5.96. The van der Waals surface area contributed by atoms with Crippen LogP contribution in [0.1, 0.15) is 25.8 Å². The quantitative estimate of drug-likeness (QED) is 0.905. The first kappa shape index (κ1) is 14.8. The normalized spacial score (nSPS) is 22.6. The van der Waals surface area contributed by atoms with Crippen molar-refractivity contribution in [3.05, 3.63) is 35.6 Å². The summed E-state index contributed by atoms with van der Waals surface area (Å²) >= 11 is 0. The second-order valence-corrected chi connectivity index (χ2v) is 5.96. The number of hydrogen-bond acceptors (Lipinski definition) is 1. The third kappa shape index (κ3) is 4.22. The second kappa shape index (κ2) is 6.73. The third-order valence-corrected chi connectivity index (χ3v) is 3.76. The highest BCUT2D eigenvalue weighted by Crippen LogP contribution is 2.20. The molecule has 2 rings (SSSR count). The Hall–Kier alpha value is -1.58. The van der Waals surface area contributed by atoms with Gasteiger partial charge in [-0.1, -0.05) is 26.0 Å². The molecule has 4 heteroatoms. The van der Waals surface area contributed by atoms with E-state index in [9.17, 15) is 9.18 Å². The van der Waals surface area contributed by atoms with Crippen LogP contribution in [-0.4, -0.2) is 30.6 Å². The molecule has 0 bridgehead atoms. The van der Waals surface area contributed by atoms with Gasteiger partial charge in [0.1, 0.15) is 5.82 Å². The van der Waals surface area contributed by atoms with Crippen LogP contribution < -0.4 is 5.32 Å². The van der Waals surface area contributed by atoms with Crippen LogP contribution in [0.4, 0.5) is 9.18 Å². The van der Waals surface area contributed by atoms with Crippen LogP contribution in [0.2, 0.25) is 0 Å². The molecule has 0 radical (unpaired) electrons. The molecule has 0 aromatic heterocycles. The van der Waals surface area contributed by atoms with E-state index in [1.54, 1.807) is 12.1 Å². The van der Waals surface area contributed by atoms with E-state index in [1.165, 1.54) is 18.6 Å². The summed E-state index contributed by atoms with van der Waals surface area (Å²) in [4.78, 5) is 14.0. The predicted octanol–water partition coefficient (Wildman–Crippen LogP) is 3.06. The van der Waals surface area contributed by atoms with Gasteiger partial charge < -0.3 is 10.2 Å². The number of likely N-dealkylation sites (tertiary alicyclic amines) is 1. The van der Waals surface area contributed by atoms with Gasteiger partial charge in [-0.3, -0.25) is 0 Å². The van der Waals surface area contributed by atoms with Crippen LogP contribution in [0.3, 0.4) is 0 Å². The number of nitrogens with zero attached hydrogens (tertiary/aromatic N) is 1. The fourth-order valence-corrected chi connectivity index (χ4v) is 2.91. The Balaban J connectivity index is 1.76. The Bertz CT molecular complexity index is 436. The van der Waals surface area contributed by atoms with Crippen molar-refractivity contribution in [2.75, 3.05) is 19.6 Å². The molecular weight excluding hydrogens is 255 g/mol. The maximum absolute atomic E-state index is 12.8. The van der Waals surface area contributed by atoms with Gasteiger partial charge >= 0.3 is 6.03 Å². The summed E-state index contributed by atoms with van der Waals surface area (Å²) in [6.07, 6.45) is 1.92. The summed E-state index contributed by atoms with van der Waals surface area (Å²) in [5.41, 5.74) is 1.03. The van der Waals surface area contributed by atoms with Crippen molar-refractivity contribution < 1.29 is 9.18 Å². The van der Waals surface area contributed by atoms with Gasteiger partial charge in [0, 0.05) is 19.6 Å². The molecule has 1 N–H and O–H groups in total. The van der Waals surface area contributed by atoms with Crippen molar-refractivity contribution in [1.29, 1.82) is 0 Å². The predicted molar refractivity (Wildman–Crippen MR) is 78.0 cm³/mol. The molecule has 1 aromatic rings. The minimum Gasteiger partial charge on any atom is -0.338 e. The van der Waals surface area contributed by atoms with Crippen LogP contribution in [0.5, 0.6) is 0 Å². The molecule has 1 aliphatic heterocycles. The fourth-order valence-electron chi connectivity index (χ4n) is 2.91. The van der Waals surface area contributed by atoms with Gasteiger partial charge in [-0.25, -0.2) is 9.18 Å². The van der Waals surface area contributed by atoms with Crippen LogP contribution in [0, 0.1) is 17.7 Å². The van der Waals surface area contributed by atoms with Gasteiger partial charge in [-0.05, 0) is 42.4 Å². The summed E-state index contributed by atoms with van der Waals surface area (Å²) in [6.45, 7) is 6.64. The summed E-state index contributed by atoms with van der Waals surface area (Å²) in [6, 6.07) is 6.43. The van der Waals surface area contributed by atoms with E-state index in [-0.39, 0.29) is 11.8 Å². The Morgan fingerprint density at radius 3 is 2.45 bits per heavy atom. The molecule has 0 spiro atoms. The molecule has 1 aromatic carbocycles. The molecular formula is C16H23FN2O. The third-order valence-electron chi connectivity index (χ3n) is 3.76. The van der Waals surface area contributed by atoms with E-state index in [0.29, 0.717) is 18.4 Å². The molecule has 2 atom stereocenters. The Labute approximate surface area is 120 Å². The van der Waals surface area contributed by atoms with E-state index >= 15 is 0 Å². The molecule has 0 saturated carbocycles. The number of piperidine rings is 1. The monoisotopic (exact) mass is 278 g/mol. The largest absolute Gasteiger partial charge is 0.338 e. The van der Waals surface area contributed by atoms with E-state index in [4.69, 9.17) is 0 Å². The summed E-state index contributed by atoms with van der Waals surface area (Å²) in [5.74, 6) is 0.914. The topological polar surface area (TPSA) is 32.3 Å². The number of hydrogen-bond donors (Lipinski definition) is 1. The standard InChI is InChI=1S/C16H23FN2O/c1-12-9-13(2)11-19(10-12)16(20)18-8-7-14-3-5-15(17)6-4-14/h3-6,12-13H,7-11H2,1-2H3,(H,18,20).